The Morgan fingerprint density at radius 2 is 2.00 bits per heavy atom. The summed E-state index contributed by atoms with van der Waals surface area (Å²) in [4.78, 5) is 10.9. The molecule has 0 saturated heterocycles. The predicted molar refractivity (Wildman–Crippen MR) is 82.1 cm³/mol. The molecule has 0 fully saturated rings. The second kappa shape index (κ2) is 5.53. The molecule has 0 atom stereocenters. The topological polar surface area (TPSA) is 88.4 Å². The molecule has 0 amide bonds. The molecule has 6 nitrogen and oxygen atoms in total. The zero-order chi connectivity index (χ0) is 15.8. The Hall–Kier alpha value is -1.80. The summed E-state index contributed by atoms with van der Waals surface area (Å²) in [7, 11) is -2.36. The van der Waals surface area contributed by atoms with Crippen molar-refractivity contribution < 1.29 is 18.3 Å². The van der Waals surface area contributed by atoms with Gasteiger partial charge in [-0.3, -0.25) is 4.72 Å². The van der Waals surface area contributed by atoms with E-state index in [-0.39, 0.29) is 10.6 Å². The minimum absolute atomic E-state index is 0.0956. The molecule has 0 saturated carbocycles. The van der Waals surface area contributed by atoms with Crippen LogP contribution in [0.4, 0.5) is 5.69 Å². The van der Waals surface area contributed by atoms with Crippen molar-refractivity contribution in [2.45, 2.75) is 11.8 Å². The van der Waals surface area contributed by atoms with Gasteiger partial charge in [0.15, 0.2) is 0 Å². The van der Waals surface area contributed by atoms with E-state index in [2.05, 4.69) is 20.7 Å². The van der Waals surface area contributed by atoms with Gasteiger partial charge >= 0.3 is 5.97 Å². The molecule has 0 unspecified atom stereocenters. The van der Waals surface area contributed by atoms with Crippen LogP contribution in [0.5, 0.6) is 0 Å². The van der Waals surface area contributed by atoms with Gasteiger partial charge < -0.3 is 9.67 Å². The number of hydrogen-bond acceptors (Lipinski definition) is 3. The summed E-state index contributed by atoms with van der Waals surface area (Å²) in [6, 6.07) is 6.35. The molecule has 21 heavy (non-hydrogen) atoms. The zero-order valence-electron chi connectivity index (χ0n) is 11.3. The van der Waals surface area contributed by atoms with Gasteiger partial charge in [0, 0.05) is 17.7 Å². The highest BCUT2D eigenvalue weighted by molar-refractivity contribution is 9.10. The van der Waals surface area contributed by atoms with E-state index >= 15 is 0 Å². The number of rotatable bonds is 4. The number of aryl methyl sites for hydroxylation is 2. The first-order valence-electron chi connectivity index (χ1n) is 5.89. The lowest BCUT2D eigenvalue weighted by atomic mass is 10.2. The van der Waals surface area contributed by atoms with E-state index < -0.39 is 16.0 Å². The Labute approximate surface area is 130 Å². The number of carboxylic acids is 1. The van der Waals surface area contributed by atoms with E-state index in [9.17, 15) is 13.2 Å². The molecule has 1 aromatic heterocycles. The number of benzene rings is 1. The number of aromatic nitrogens is 1. The van der Waals surface area contributed by atoms with E-state index in [1.807, 2.05) is 0 Å². The normalized spacial score (nSPS) is 11.4. The van der Waals surface area contributed by atoms with E-state index in [1.165, 1.54) is 17.8 Å². The van der Waals surface area contributed by atoms with Gasteiger partial charge in [0.2, 0.25) is 0 Å². The summed E-state index contributed by atoms with van der Waals surface area (Å²) in [6.45, 7) is 1.78. The molecule has 0 aliphatic heterocycles. The van der Waals surface area contributed by atoms with Crippen LogP contribution in [0.2, 0.25) is 0 Å². The highest BCUT2D eigenvalue weighted by Gasteiger charge is 2.21. The molecule has 0 radical (unpaired) electrons. The second-order valence-corrected chi connectivity index (χ2v) is 7.14. The Balaban J connectivity index is 2.41. The lowest BCUT2D eigenvalue weighted by Crippen LogP contribution is -2.13. The lowest BCUT2D eigenvalue weighted by molar-refractivity contribution is 0.0686. The van der Waals surface area contributed by atoms with Crippen molar-refractivity contribution in [2.75, 3.05) is 4.72 Å². The Bertz CT molecular complexity index is 812. The highest BCUT2D eigenvalue weighted by atomic mass is 79.9. The third kappa shape index (κ3) is 3.27. The highest BCUT2D eigenvalue weighted by Crippen LogP contribution is 2.24. The van der Waals surface area contributed by atoms with Gasteiger partial charge in [-0.2, -0.15) is 0 Å². The third-order valence-electron chi connectivity index (χ3n) is 2.95. The van der Waals surface area contributed by atoms with Gasteiger partial charge in [-0.1, -0.05) is 22.0 Å². The van der Waals surface area contributed by atoms with Crippen molar-refractivity contribution in [2.24, 2.45) is 7.05 Å². The average Bonchev–Trinajstić information content (AvgIpc) is 2.77. The molecule has 0 bridgehead atoms. The third-order valence-corrected chi connectivity index (χ3v) is 4.78. The first-order chi connectivity index (χ1) is 9.70. The van der Waals surface area contributed by atoms with Crippen LogP contribution in [0.3, 0.4) is 0 Å². The van der Waals surface area contributed by atoms with Crippen molar-refractivity contribution in [3.8, 4) is 0 Å². The second-order valence-electron chi connectivity index (χ2n) is 4.54. The summed E-state index contributed by atoms with van der Waals surface area (Å²) >= 11 is 3.28. The number of aromatic carboxylic acids is 1. The fourth-order valence-electron chi connectivity index (χ4n) is 1.80. The molecule has 0 spiro atoms. The van der Waals surface area contributed by atoms with Crippen molar-refractivity contribution in [3.63, 3.8) is 0 Å². The summed E-state index contributed by atoms with van der Waals surface area (Å²) in [5.74, 6) is -1.18. The van der Waals surface area contributed by atoms with Crippen molar-refractivity contribution in [1.29, 1.82) is 0 Å². The lowest BCUT2D eigenvalue weighted by Gasteiger charge is -2.09. The first kappa shape index (κ1) is 15.6. The van der Waals surface area contributed by atoms with Crippen LogP contribution in [0, 0.1) is 6.92 Å². The zero-order valence-corrected chi connectivity index (χ0v) is 13.7. The molecule has 0 aliphatic rings. The number of carbonyl (C=O) groups is 1. The number of halogens is 1. The molecular formula is C13H13BrN2O4S. The smallest absolute Gasteiger partial charge is 0.352 e. The molecule has 112 valence electrons. The molecule has 1 heterocycles. The van der Waals surface area contributed by atoms with Crippen LogP contribution < -0.4 is 4.72 Å². The monoisotopic (exact) mass is 372 g/mol. The fourth-order valence-corrected chi connectivity index (χ4v) is 3.35. The molecule has 8 heteroatoms. The molecule has 2 rings (SSSR count). The van der Waals surface area contributed by atoms with Crippen LogP contribution >= 0.6 is 15.9 Å². The molecular weight excluding hydrogens is 360 g/mol. The summed E-state index contributed by atoms with van der Waals surface area (Å²) in [6.07, 6.45) is 1.26. The predicted octanol–water partition coefficient (Wildman–Crippen LogP) is 2.60. The Kier molecular flexibility index (Phi) is 4.11. The van der Waals surface area contributed by atoms with Gasteiger partial charge in [0.25, 0.3) is 10.0 Å². The maximum Gasteiger partial charge on any atom is 0.352 e. The van der Waals surface area contributed by atoms with Gasteiger partial charge in [-0.25, -0.2) is 13.2 Å². The number of anilines is 1. The number of nitrogens with one attached hydrogen (secondary N) is 1. The van der Waals surface area contributed by atoms with Crippen LogP contribution in [-0.4, -0.2) is 24.1 Å². The maximum atomic E-state index is 12.3. The number of carboxylic acid groups (broad SMARTS) is 1. The van der Waals surface area contributed by atoms with E-state index in [0.29, 0.717) is 5.69 Å². The minimum Gasteiger partial charge on any atom is -0.477 e. The van der Waals surface area contributed by atoms with Crippen molar-refractivity contribution >= 4 is 37.6 Å². The summed E-state index contributed by atoms with van der Waals surface area (Å²) in [5.41, 5.74) is 1.10. The minimum atomic E-state index is -3.84. The molecule has 1 aromatic carbocycles. The standard InChI is InChI=1S/C13H13BrN2O4S/c1-8-3-4-9(14)5-11(8)15-21(19,20)10-6-12(13(17)18)16(2)7-10/h3-7,15H,1-2H3,(H,17,18). The molecule has 2 N–H and O–H groups in total. The fraction of sp³-hybridized carbons (Fsp3) is 0.154. The van der Waals surface area contributed by atoms with Gasteiger partial charge in [0.05, 0.1) is 5.69 Å². The SMILES string of the molecule is Cc1ccc(Br)cc1NS(=O)(=O)c1cc(C(=O)O)n(C)c1. The van der Waals surface area contributed by atoms with Gasteiger partial charge in [-0.05, 0) is 30.7 Å². The summed E-state index contributed by atoms with van der Waals surface area (Å²) in [5, 5.41) is 8.97. The van der Waals surface area contributed by atoms with Gasteiger partial charge in [-0.15, -0.1) is 0 Å². The van der Waals surface area contributed by atoms with Crippen LogP contribution in [0.1, 0.15) is 16.1 Å². The van der Waals surface area contributed by atoms with Crippen LogP contribution in [0.25, 0.3) is 0 Å². The number of nitrogens with zero attached hydrogens (tertiary/aromatic N) is 1. The van der Waals surface area contributed by atoms with Crippen LogP contribution in [-0.2, 0) is 17.1 Å². The Morgan fingerprint density at radius 1 is 1.33 bits per heavy atom. The van der Waals surface area contributed by atoms with E-state index in [1.54, 1.807) is 25.1 Å². The number of hydrogen-bond donors (Lipinski definition) is 2. The van der Waals surface area contributed by atoms with Crippen molar-refractivity contribution in [1.82, 2.24) is 4.57 Å². The van der Waals surface area contributed by atoms with E-state index in [0.717, 1.165) is 16.1 Å². The number of sulfonamides is 1. The van der Waals surface area contributed by atoms with Crippen molar-refractivity contribution in [3.05, 3.63) is 46.2 Å². The van der Waals surface area contributed by atoms with Crippen LogP contribution in [0.15, 0.2) is 39.8 Å². The van der Waals surface area contributed by atoms with E-state index in [4.69, 9.17) is 5.11 Å². The molecule has 2 aromatic rings. The maximum absolute atomic E-state index is 12.3. The Morgan fingerprint density at radius 3 is 2.57 bits per heavy atom. The largest absolute Gasteiger partial charge is 0.477 e. The van der Waals surface area contributed by atoms with Gasteiger partial charge in [0.1, 0.15) is 10.6 Å². The quantitative estimate of drug-likeness (QED) is 0.862. The summed E-state index contributed by atoms with van der Waals surface area (Å²) < 4.78 is 29.1. The molecule has 0 aliphatic carbocycles. The average molecular weight is 373 g/mol. The first-order valence-corrected chi connectivity index (χ1v) is 8.17.